The van der Waals surface area contributed by atoms with E-state index in [1.807, 2.05) is 36.2 Å². The second-order valence-corrected chi connectivity index (χ2v) is 6.31. The number of hydrogen-bond acceptors (Lipinski definition) is 6. The van der Waals surface area contributed by atoms with Crippen LogP contribution in [0.4, 0.5) is 5.69 Å². The molecule has 0 fully saturated rings. The van der Waals surface area contributed by atoms with E-state index in [9.17, 15) is 4.79 Å². The van der Waals surface area contributed by atoms with Crippen molar-refractivity contribution in [2.45, 2.75) is 6.10 Å². The summed E-state index contributed by atoms with van der Waals surface area (Å²) in [5, 5.41) is 2.86. The Bertz CT molecular complexity index is 796. The minimum atomic E-state index is -0.152. The van der Waals surface area contributed by atoms with Gasteiger partial charge in [-0.3, -0.25) is 9.69 Å². The Balaban J connectivity index is 1.54. The molecule has 2 aromatic carbocycles. The minimum absolute atomic E-state index is 0.135. The number of nitrogens with one attached hydrogen (secondary N) is 1. The molecule has 1 N–H and O–H groups in total. The van der Waals surface area contributed by atoms with Gasteiger partial charge in [-0.25, -0.2) is 0 Å². The van der Waals surface area contributed by atoms with Crippen molar-refractivity contribution in [2.24, 2.45) is 0 Å². The van der Waals surface area contributed by atoms with Crippen molar-refractivity contribution in [2.75, 3.05) is 46.3 Å². The maximum Gasteiger partial charge on any atom is 0.238 e. The maximum atomic E-state index is 12.4. The first-order valence-electron chi connectivity index (χ1n) is 8.68. The summed E-state index contributed by atoms with van der Waals surface area (Å²) in [6.45, 7) is 1.23. The number of para-hydroxylation sites is 2. The van der Waals surface area contributed by atoms with E-state index in [1.54, 1.807) is 32.4 Å². The van der Waals surface area contributed by atoms with E-state index in [0.717, 1.165) is 11.5 Å². The third kappa shape index (κ3) is 4.83. The summed E-state index contributed by atoms with van der Waals surface area (Å²) in [7, 11) is 5.00. The second-order valence-electron chi connectivity index (χ2n) is 6.31. The lowest BCUT2D eigenvalue weighted by molar-refractivity contribution is -0.117. The zero-order chi connectivity index (χ0) is 19.2. The van der Waals surface area contributed by atoms with Crippen LogP contribution >= 0.6 is 0 Å². The van der Waals surface area contributed by atoms with E-state index in [0.29, 0.717) is 30.3 Å². The number of fused-ring (bicyclic) bond motifs is 1. The molecule has 0 aromatic heterocycles. The molecule has 0 radical (unpaired) electrons. The summed E-state index contributed by atoms with van der Waals surface area (Å²) in [6.07, 6.45) is -0.135. The SMILES string of the molecule is COc1ccc(OC)c(NC(=O)CN(C)CC2COc3ccccc3O2)c1. The van der Waals surface area contributed by atoms with Gasteiger partial charge in [-0.2, -0.15) is 0 Å². The van der Waals surface area contributed by atoms with Gasteiger partial charge in [-0.15, -0.1) is 0 Å². The molecule has 1 unspecified atom stereocenters. The van der Waals surface area contributed by atoms with Gasteiger partial charge in [-0.1, -0.05) is 12.1 Å². The normalized spacial score (nSPS) is 15.3. The quantitative estimate of drug-likeness (QED) is 0.805. The first-order chi connectivity index (χ1) is 13.1. The average Bonchev–Trinajstić information content (AvgIpc) is 2.67. The lowest BCUT2D eigenvalue weighted by atomic mass is 10.2. The van der Waals surface area contributed by atoms with Gasteiger partial charge in [-0.05, 0) is 31.3 Å². The number of hydrogen-bond donors (Lipinski definition) is 1. The number of nitrogens with zero attached hydrogens (tertiary/aromatic N) is 1. The number of benzene rings is 2. The third-order valence-corrected chi connectivity index (χ3v) is 4.18. The van der Waals surface area contributed by atoms with E-state index in [1.165, 1.54) is 0 Å². The highest BCUT2D eigenvalue weighted by atomic mass is 16.6. The Morgan fingerprint density at radius 3 is 2.70 bits per heavy atom. The van der Waals surface area contributed by atoms with Crippen LogP contribution in [0.3, 0.4) is 0 Å². The molecule has 1 heterocycles. The van der Waals surface area contributed by atoms with Crippen molar-refractivity contribution in [3.05, 3.63) is 42.5 Å². The lowest BCUT2D eigenvalue weighted by Crippen LogP contribution is -2.42. The van der Waals surface area contributed by atoms with Crippen LogP contribution in [0, 0.1) is 0 Å². The number of anilines is 1. The zero-order valence-corrected chi connectivity index (χ0v) is 15.7. The van der Waals surface area contributed by atoms with Crippen LogP contribution < -0.4 is 24.3 Å². The summed E-state index contributed by atoms with van der Waals surface area (Å²) in [4.78, 5) is 14.3. The van der Waals surface area contributed by atoms with Crippen LogP contribution in [0.1, 0.15) is 0 Å². The topological polar surface area (TPSA) is 69.3 Å². The largest absolute Gasteiger partial charge is 0.497 e. The van der Waals surface area contributed by atoms with Crippen LogP contribution in [-0.4, -0.2) is 57.9 Å². The van der Waals surface area contributed by atoms with Crippen molar-refractivity contribution >= 4 is 11.6 Å². The molecule has 7 heteroatoms. The van der Waals surface area contributed by atoms with Crippen molar-refractivity contribution in [1.82, 2.24) is 4.90 Å². The highest BCUT2D eigenvalue weighted by Gasteiger charge is 2.22. The minimum Gasteiger partial charge on any atom is -0.497 e. The summed E-state index contributed by atoms with van der Waals surface area (Å²) in [6, 6.07) is 12.8. The predicted molar refractivity (Wildman–Crippen MR) is 102 cm³/mol. The first-order valence-corrected chi connectivity index (χ1v) is 8.68. The van der Waals surface area contributed by atoms with Crippen LogP contribution in [0.15, 0.2) is 42.5 Å². The lowest BCUT2D eigenvalue weighted by Gasteiger charge is -2.29. The Morgan fingerprint density at radius 1 is 1.19 bits per heavy atom. The van der Waals surface area contributed by atoms with E-state index < -0.39 is 0 Å². The third-order valence-electron chi connectivity index (χ3n) is 4.18. The first kappa shape index (κ1) is 18.8. The van der Waals surface area contributed by atoms with Crippen LogP contribution in [-0.2, 0) is 4.79 Å². The smallest absolute Gasteiger partial charge is 0.238 e. The maximum absolute atomic E-state index is 12.4. The molecule has 7 nitrogen and oxygen atoms in total. The van der Waals surface area contributed by atoms with Gasteiger partial charge in [0.2, 0.25) is 5.91 Å². The van der Waals surface area contributed by atoms with Gasteiger partial charge < -0.3 is 24.3 Å². The molecule has 2 aromatic rings. The van der Waals surface area contributed by atoms with Gasteiger partial charge in [0.15, 0.2) is 11.5 Å². The standard InChI is InChI=1S/C20H24N2O5/c1-22(11-15-13-26-18-6-4-5-7-19(18)27-15)12-20(23)21-16-10-14(24-2)8-9-17(16)25-3/h4-10,15H,11-13H2,1-3H3,(H,21,23). The molecule has 0 aliphatic carbocycles. The highest BCUT2D eigenvalue weighted by molar-refractivity contribution is 5.94. The van der Waals surface area contributed by atoms with E-state index in [2.05, 4.69) is 5.32 Å². The number of likely N-dealkylation sites (N-methyl/N-ethyl adjacent to an activating group) is 1. The van der Waals surface area contributed by atoms with Crippen molar-refractivity contribution < 1.29 is 23.7 Å². The molecule has 1 amide bonds. The summed E-state index contributed by atoms with van der Waals surface area (Å²) in [5.41, 5.74) is 0.571. The van der Waals surface area contributed by atoms with Gasteiger partial charge in [0.1, 0.15) is 24.2 Å². The number of carbonyl (C=O) groups is 1. The molecular formula is C20H24N2O5. The van der Waals surface area contributed by atoms with Gasteiger partial charge in [0, 0.05) is 12.6 Å². The molecule has 27 heavy (non-hydrogen) atoms. The second kappa shape index (κ2) is 8.64. The highest BCUT2D eigenvalue weighted by Crippen LogP contribution is 2.31. The molecule has 0 bridgehead atoms. The Kier molecular flexibility index (Phi) is 6.03. The van der Waals surface area contributed by atoms with Gasteiger partial charge >= 0.3 is 0 Å². The summed E-state index contributed by atoms with van der Waals surface area (Å²) in [5.74, 6) is 2.55. The number of rotatable bonds is 7. The predicted octanol–water partition coefficient (Wildman–Crippen LogP) is 2.41. The fourth-order valence-corrected chi connectivity index (χ4v) is 2.91. The molecule has 1 atom stereocenters. The molecule has 3 rings (SSSR count). The van der Waals surface area contributed by atoms with Gasteiger partial charge in [0.25, 0.3) is 0 Å². The van der Waals surface area contributed by atoms with Crippen molar-refractivity contribution in [3.8, 4) is 23.0 Å². The van der Waals surface area contributed by atoms with Crippen LogP contribution in [0.5, 0.6) is 23.0 Å². The zero-order valence-electron chi connectivity index (χ0n) is 15.7. The van der Waals surface area contributed by atoms with E-state index in [-0.39, 0.29) is 18.6 Å². The summed E-state index contributed by atoms with van der Waals surface area (Å²) >= 11 is 0. The van der Waals surface area contributed by atoms with E-state index in [4.69, 9.17) is 18.9 Å². The molecular weight excluding hydrogens is 348 g/mol. The fourth-order valence-electron chi connectivity index (χ4n) is 2.91. The molecule has 144 valence electrons. The van der Waals surface area contributed by atoms with Crippen molar-refractivity contribution in [3.63, 3.8) is 0 Å². The summed E-state index contributed by atoms with van der Waals surface area (Å²) < 4.78 is 22.1. The monoisotopic (exact) mass is 372 g/mol. The number of carbonyl (C=O) groups excluding carboxylic acids is 1. The molecule has 1 aliphatic rings. The Labute approximate surface area is 158 Å². The molecule has 1 aliphatic heterocycles. The molecule has 0 saturated carbocycles. The van der Waals surface area contributed by atoms with Gasteiger partial charge in [0.05, 0.1) is 26.5 Å². The fraction of sp³-hybridized carbons (Fsp3) is 0.350. The average molecular weight is 372 g/mol. The number of ether oxygens (including phenoxy) is 4. The Hall–Kier alpha value is -2.93. The van der Waals surface area contributed by atoms with Crippen molar-refractivity contribution in [1.29, 1.82) is 0 Å². The van der Waals surface area contributed by atoms with Crippen LogP contribution in [0.25, 0.3) is 0 Å². The molecule has 0 spiro atoms. The van der Waals surface area contributed by atoms with Crippen LogP contribution in [0.2, 0.25) is 0 Å². The molecule has 0 saturated heterocycles. The Morgan fingerprint density at radius 2 is 1.96 bits per heavy atom. The van der Waals surface area contributed by atoms with E-state index >= 15 is 0 Å². The number of methoxy groups -OCH3 is 2. The number of amides is 1.